The Morgan fingerprint density at radius 3 is 2.87 bits per heavy atom. The molecule has 4 heterocycles. The molecule has 4 N–H and O–H groups in total. The monoisotopic (exact) mass is 554 g/mol. The van der Waals surface area contributed by atoms with E-state index in [2.05, 4.69) is 50.3 Å². The quantitative estimate of drug-likeness (QED) is 0.429. The molecule has 0 radical (unpaired) electrons. The molecule has 2 saturated carbocycles. The SMILES string of the molecule is CC1C=Cc2[nH]c(C(=O)N[C@H]3CC4=S(C)(=O)NC5CC45C[C@H]3NC(=O)c3nc4c(s3)CN(C)CC4)cc2C1. The van der Waals surface area contributed by atoms with Gasteiger partial charge in [-0.05, 0) is 49.9 Å². The number of carbonyl (C=O) groups is 2. The van der Waals surface area contributed by atoms with E-state index in [0.29, 0.717) is 29.5 Å². The van der Waals surface area contributed by atoms with Crippen molar-refractivity contribution in [3.8, 4) is 0 Å². The van der Waals surface area contributed by atoms with Crippen molar-refractivity contribution in [1.82, 2.24) is 30.2 Å². The summed E-state index contributed by atoms with van der Waals surface area (Å²) in [6, 6.07) is 1.50. The number of thiazole rings is 1. The van der Waals surface area contributed by atoms with E-state index in [9.17, 15) is 13.8 Å². The van der Waals surface area contributed by atoms with Gasteiger partial charge < -0.3 is 20.5 Å². The van der Waals surface area contributed by atoms with Gasteiger partial charge >= 0.3 is 0 Å². The number of aromatic nitrogens is 2. The van der Waals surface area contributed by atoms with Crippen LogP contribution in [0, 0.1) is 11.3 Å². The van der Waals surface area contributed by atoms with Gasteiger partial charge in [0.2, 0.25) is 0 Å². The van der Waals surface area contributed by atoms with Crippen molar-refractivity contribution < 1.29 is 13.8 Å². The Morgan fingerprint density at radius 1 is 1.21 bits per heavy atom. The molecule has 6 atom stereocenters. The minimum absolute atomic E-state index is 0.151. The van der Waals surface area contributed by atoms with Gasteiger partial charge in [-0.3, -0.25) is 13.8 Å². The van der Waals surface area contributed by atoms with Gasteiger partial charge in [-0.1, -0.05) is 13.0 Å². The van der Waals surface area contributed by atoms with E-state index >= 15 is 0 Å². The van der Waals surface area contributed by atoms with E-state index in [1.54, 1.807) is 6.26 Å². The number of fused-ring (bicyclic) bond motifs is 2. The number of aromatic amines is 1. The van der Waals surface area contributed by atoms with E-state index in [4.69, 9.17) is 0 Å². The van der Waals surface area contributed by atoms with Crippen LogP contribution in [0.25, 0.3) is 6.08 Å². The molecule has 0 aromatic carbocycles. The fourth-order valence-corrected chi connectivity index (χ4v) is 10.6. The summed E-state index contributed by atoms with van der Waals surface area (Å²) in [6.45, 7) is 3.92. The number of likely N-dealkylation sites (N-methyl/N-ethyl adjacent to an activating group) is 1. The first-order chi connectivity index (χ1) is 18.1. The van der Waals surface area contributed by atoms with Crippen LogP contribution in [0.1, 0.15) is 68.3 Å². The molecule has 7 rings (SSSR count). The summed E-state index contributed by atoms with van der Waals surface area (Å²) in [5.41, 5.74) is 3.51. The Hall–Kier alpha value is -2.47. The van der Waals surface area contributed by atoms with Crippen molar-refractivity contribution in [2.75, 3.05) is 19.8 Å². The minimum Gasteiger partial charge on any atom is -0.351 e. The van der Waals surface area contributed by atoms with Gasteiger partial charge in [0.05, 0.1) is 17.8 Å². The Labute approximate surface area is 227 Å². The van der Waals surface area contributed by atoms with Crippen molar-refractivity contribution in [3.05, 3.63) is 44.7 Å². The Balaban J connectivity index is 1.15. The van der Waals surface area contributed by atoms with Crippen molar-refractivity contribution in [1.29, 1.82) is 0 Å². The van der Waals surface area contributed by atoms with Gasteiger partial charge in [0, 0.05) is 68.8 Å². The maximum Gasteiger partial charge on any atom is 0.280 e. The highest BCUT2D eigenvalue weighted by Gasteiger charge is 2.66. The molecule has 2 fully saturated rings. The molecule has 3 aliphatic carbocycles. The molecule has 11 heteroatoms. The second-order valence-corrected chi connectivity index (χ2v) is 15.4. The third-order valence-electron chi connectivity index (χ3n) is 9.00. The fourth-order valence-electron chi connectivity index (χ4n) is 6.91. The summed E-state index contributed by atoms with van der Waals surface area (Å²) in [4.78, 5) is 39.2. The summed E-state index contributed by atoms with van der Waals surface area (Å²) in [5.74, 6) is 0.0524. The molecule has 202 valence electrons. The Kier molecular flexibility index (Phi) is 5.50. The standard InChI is InChI=1S/C27H34N6O3S2/c1-14-4-5-16-15(8-14)9-19(28-16)24(34)29-18-10-23-27(12-22(27)32-38(23,3)36)11-20(18)30-25(35)26-31-17-6-7-33(2)13-21(17)37-26/h4-5,9,14,18,20,22,28H,6-8,10-13H2,1-3H3,(H,29,34)(H,30,35)(H,32,36)/t14?,18-,20+,22?,27?,38?/m0/s1. The molecule has 2 amide bonds. The molecule has 2 aliphatic heterocycles. The first-order valence-corrected chi connectivity index (χ1v) is 16.2. The number of nitrogens with one attached hydrogen (secondary N) is 4. The van der Waals surface area contributed by atoms with E-state index in [1.807, 2.05) is 12.1 Å². The highest BCUT2D eigenvalue weighted by molar-refractivity contribution is 8.00. The van der Waals surface area contributed by atoms with Crippen LogP contribution in [0.3, 0.4) is 0 Å². The number of hydrogen-bond acceptors (Lipinski definition) is 6. The van der Waals surface area contributed by atoms with Crippen molar-refractivity contribution in [3.63, 3.8) is 0 Å². The summed E-state index contributed by atoms with van der Waals surface area (Å²) >= 11 is 1.46. The van der Waals surface area contributed by atoms with E-state index < -0.39 is 9.71 Å². The molecular formula is C27H34N6O3S2. The lowest BCUT2D eigenvalue weighted by atomic mass is 9.79. The lowest BCUT2D eigenvalue weighted by Crippen LogP contribution is -2.57. The number of H-pyrrole nitrogens is 1. The summed E-state index contributed by atoms with van der Waals surface area (Å²) in [7, 11) is -0.209. The summed E-state index contributed by atoms with van der Waals surface area (Å²) in [6.07, 6.45) is 9.81. The maximum absolute atomic E-state index is 13.4. The number of nitrogens with zero attached hydrogens (tertiary/aromatic N) is 2. The van der Waals surface area contributed by atoms with Crippen LogP contribution in [0.2, 0.25) is 0 Å². The predicted octanol–water partition coefficient (Wildman–Crippen LogP) is 1.72. The summed E-state index contributed by atoms with van der Waals surface area (Å²) < 4.78 is 16.7. The normalized spacial score (nSPS) is 35.2. The second-order valence-electron chi connectivity index (χ2n) is 11.9. The number of rotatable bonds is 4. The van der Waals surface area contributed by atoms with E-state index in [0.717, 1.165) is 59.0 Å². The molecule has 9 nitrogen and oxygen atoms in total. The maximum atomic E-state index is 13.4. The molecule has 2 aromatic rings. The number of hydrogen-bond donors (Lipinski definition) is 4. The van der Waals surface area contributed by atoms with Crippen LogP contribution in [0.5, 0.6) is 0 Å². The van der Waals surface area contributed by atoms with E-state index in [1.165, 1.54) is 11.3 Å². The van der Waals surface area contributed by atoms with Crippen LogP contribution in [0.15, 0.2) is 12.1 Å². The van der Waals surface area contributed by atoms with Crippen LogP contribution in [-0.4, -0.2) is 73.7 Å². The molecule has 5 aliphatic rings. The minimum atomic E-state index is -2.29. The molecule has 1 spiro atoms. The van der Waals surface area contributed by atoms with Crippen LogP contribution in [-0.2, 0) is 29.1 Å². The van der Waals surface area contributed by atoms with Crippen LogP contribution >= 0.6 is 11.3 Å². The van der Waals surface area contributed by atoms with Crippen molar-refractivity contribution in [2.45, 2.75) is 63.7 Å². The smallest absolute Gasteiger partial charge is 0.280 e. The average molecular weight is 555 g/mol. The zero-order chi connectivity index (χ0) is 26.4. The van der Waals surface area contributed by atoms with Crippen molar-refractivity contribution >= 4 is 43.8 Å². The predicted molar refractivity (Wildman–Crippen MR) is 150 cm³/mol. The number of carbonyl (C=O) groups excluding carboxylic acids is 2. The Morgan fingerprint density at radius 2 is 2.03 bits per heavy atom. The van der Waals surface area contributed by atoms with Gasteiger partial charge in [0.1, 0.15) is 5.69 Å². The molecule has 0 saturated heterocycles. The number of amides is 2. The van der Waals surface area contributed by atoms with Gasteiger partial charge in [0.15, 0.2) is 5.01 Å². The first-order valence-electron chi connectivity index (χ1n) is 13.4. The van der Waals surface area contributed by atoms with Crippen molar-refractivity contribution in [2.24, 2.45) is 11.3 Å². The van der Waals surface area contributed by atoms with Gasteiger partial charge in [-0.2, -0.15) is 0 Å². The average Bonchev–Trinajstić information content (AvgIpc) is 3.18. The molecular weight excluding hydrogens is 520 g/mol. The number of allylic oxidation sites excluding steroid dienone is 1. The third kappa shape index (κ3) is 3.97. The van der Waals surface area contributed by atoms with Crippen LogP contribution < -0.4 is 15.4 Å². The van der Waals surface area contributed by atoms with Gasteiger partial charge in [-0.25, -0.2) is 9.71 Å². The lowest BCUT2D eigenvalue weighted by molar-refractivity contribution is 0.0867. The summed E-state index contributed by atoms with van der Waals surface area (Å²) in [5, 5.41) is 6.91. The van der Waals surface area contributed by atoms with E-state index in [-0.39, 0.29) is 35.4 Å². The molecule has 4 unspecified atom stereocenters. The topological polar surface area (TPSA) is 119 Å². The molecule has 2 aromatic heterocycles. The zero-order valence-corrected chi connectivity index (χ0v) is 23.6. The molecule has 38 heavy (non-hydrogen) atoms. The van der Waals surface area contributed by atoms with Gasteiger partial charge in [0.25, 0.3) is 11.8 Å². The Bertz CT molecular complexity index is 1510. The first kappa shape index (κ1) is 24.6. The zero-order valence-electron chi connectivity index (χ0n) is 21.9. The highest BCUT2D eigenvalue weighted by atomic mass is 32.2. The fraction of sp³-hybridized carbons (Fsp3) is 0.556. The van der Waals surface area contributed by atoms with Crippen LogP contribution in [0.4, 0.5) is 0 Å². The second kappa shape index (κ2) is 8.51. The largest absolute Gasteiger partial charge is 0.351 e. The highest BCUT2D eigenvalue weighted by Crippen LogP contribution is 2.58. The van der Waals surface area contributed by atoms with Gasteiger partial charge in [-0.15, -0.1) is 11.3 Å². The molecule has 0 bridgehead atoms. The third-order valence-corrected chi connectivity index (χ3v) is 12.3. The lowest BCUT2D eigenvalue weighted by Gasteiger charge is -2.38.